The summed E-state index contributed by atoms with van der Waals surface area (Å²) in [5, 5.41) is 4.26. The number of fused-ring (bicyclic) bond motifs is 2. The SMILES string of the molecule is NC(=O)c1ccc2cc3cc(N)ccc3cc2c1. The molecule has 0 fully saturated rings. The molecule has 88 valence electrons. The van der Waals surface area contributed by atoms with Crippen molar-refractivity contribution in [3.63, 3.8) is 0 Å². The molecule has 0 radical (unpaired) electrons. The Morgan fingerprint density at radius 2 is 1.39 bits per heavy atom. The van der Waals surface area contributed by atoms with Gasteiger partial charge in [-0.25, -0.2) is 0 Å². The number of anilines is 1. The summed E-state index contributed by atoms with van der Waals surface area (Å²) in [4.78, 5) is 11.2. The summed E-state index contributed by atoms with van der Waals surface area (Å²) in [5.74, 6) is -0.408. The second-order valence-corrected chi connectivity index (χ2v) is 4.38. The van der Waals surface area contributed by atoms with Crippen LogP contribution in [0.4, 0.5) is 5.69 Å². The number of rotatable bonds is 1. The summed E-state index contributed by atoms with van der Waals surface area (Å²) >= 11 is 0. The van der Waals surface area contributed by atoms with E-state index in [9.17, 15) is 4.79 Å². The van der Waals surface area contributed by atoms with E-state index in [1.54, 1.807) is 6.07 Å². The molecule has 1 amide bonds. The van der Waals surface area contributed by atoms with E-state index in [0.717, 1.165) is 27.2 Å². The maximum atomic E-state index is 11.2. The first kappa shape index (κ1) is 10.6. The number of nitrogen functional groups attached to an aromatic ring is 1. The van der Waals surface area contributed by atoms with Gasteiger partial charge in [-0.05, 0) is 57.9 Å². The van der Waals surface area contributed by atoms with E-state index in [-0.39, 0.29) is 0 Å². The molecular weight excluding hydrogens is 224 g/mol. The molecule has 0 atom stereocenters. The Morgan fingerprint density at radius 3 is 2.06 bits per heavy atom. The minimum absolute atomic E-state index is 0.408. The summed E-state index contributed by atoms with van der Waals surface area (Å²) in [6.45, 7) is 0. The highest BCUT2D eigenvalue weighted by atomic mass is 16.1. The number of hydrogen-bond donors (Lipinski definition) is 2. The zero-order valence-electron chi connectivity index (χ0n) is 9.68. The molecule has 0 heterocycles. The molecule has 3 rings (SSSR count). The number of nitrogens with two attached hydrogens (primary N) is 2. The molecule has 3 aromatic rings. The predicted octanol–water partition coefficient (Wildman–Crippen LogP) is 2.67. The van der Waals surface area contributed by atoms with Crippen molar-refractivity contribution in [1.82, 2.24) is 0 Å². The Bertz CT molecular complexity index is 778. The average Bonchev–Trinajstić information content (AvgIpc) is 2.35. The van der Waals surface area contributed by atoms with Crippen LogP contribution >= 0.6 is 0 Å². The largest absolute Gasteiger partial charge is 0.399 e. The van der Waals surface area contributed by atoms with Crippen molar-refractivity contribution in [1.29, 1.82) is 0 Å². The third-order valence-corrected chi connectivity index (χ3v) is 3.10. The number of amides is 1. The molecule has 18 heavy (non-hydrogen) atoms. The van der Waals surface area contributed by atoms with Crippen molar-refractivity contribution in [2.75, 3.05) is 5.73 Å². The van der Waals surface area contributed by atoms with Gasteiger partial charge in [0.15, 0.2) is 0 Å². The molecule has 0 aromatic heterocycles. The zero-order valence-corrected chi connectivity index (χ0v) is 9.68. The fourth-order valence-electron chi connectivity index (χ4n) is 2.17. The molecule has 0 aliphatic carbocycles. The first-order valence-electron chi connectivity index (χ1n) is 5.66. The minimum Gasteiger partial charge on any atom is -0.399 e. The van der Waals surface area contributed by atoms with E-state index in [1.165, 1.54) is 0 Å². The highest BCUT2D eigenvalue weighted by Crippen LogP contribution is 2.25. The molecule has 4 N–H and O–H groups in total. The van der Waals surface area contributed by atoms with Gasteiger partial charge in [0.2, 0.25) is 5.91 Å². The van der Waals surface area contributed by atoms with Gasteiger partial charge in [0, 0.05) is 11.3 Å². The number of primary amides is 1. The zero-order chi connectivity index (χ0) is 12.7. The Morgan fingerprint density at radius 1 is 0.778 bits per heavy atom. The van der Waals surface area contributed by atoms with Gasteiger partial charge in [-0.15, -0.1) is 0 Å². The maximum Gasteiger partial charge on any atom is 0.248 e. The third-order valence-electron chi connectivity index (χ3n) is 3.10. The monoisotopic (exact) mass is 236 g/mol. The number of benzene rings is 3. The van der Waals surface area contributed by atoms with Gasteiger partial charge in [-0.3, -0.25) is 4.79 Å². The second-order valence-electron chi connectivity index (χ2n) is 4.38. The van der Waals surface area contributed by atoms with Crippen LogP contribution in [0.25, 0.3) is 21.5 Å². The summed E-state index contributed by atoms with van der Waals surface area (Å²) < 4.78 is 0. The van der Waals surface area contributed by atoms with E-state index in [0.29, 0.717) is 5.56 Å². The Hall–Kier alpha value is -2.55. The van der Waals surface area contributed by atoms with Crippen molar-refractivity contribution < 1.29 is 4.79 Å². The lowest BCUT2D eigenvalue weighted by molar-refractivity contribution is 0.100. The van der Waals surface area contributed by atoms with E-state index < -0.39 is 5.91 Å². The first-order chi connectivity index (χ1) is 8.63. The van der Waals surface area contributed by atoms with E-state index in [1.807, 2.05) is 36.4 Å². The lowest BCUT2D eigenvalue weighted by atomic mass is 10.0. The van der Waals surface area contributed by atoms with Crippen LogP contribution in [0.15, 0.2) is 48.5 Å². The fraction of sp³-hybridized carbons (Fsp3) is 0. The van der Waals surface area contributed by atoms with Crippen LogP contribution in [0.1, 0.15) is 10.4 Å². The molecule has 0 saturated heterocycles. The van der Waals surface area contributed by atoms with Gasteiger partial charge >= 0.3 is 0 Å². The fourth-order valence-corrected chi connectivity index (χ4v) is 2.17. The van der Waals surface area contributed by atoms with Gasteiger partial charge in [0.05, 0.1) is 0 Å². The molecule has 3 aromatic carbocycles. The number of carbonyl (C=O) groups excluding carboxylic acids is 1. The third kappa shape index (κ3) is 1.66. The van der Waals surface area contributed by atoms with Crippen LogP contribution in [-0.4, -0.2) is 5.91 Å². The van der Waals surface area contributed by atoms with Crippen LogP contribution in [-0.2, 0) is 0 Å². The highest BCUT2D eigenvalue weighted by molar-refractivity contribution is 6.03. The van der Waals surface area contributed by atoms with E-state index >= 15 is 0 Å². The van der Waals surface area contributed by atoms with Gasteiger partial charge in [-0.2, -0.15) is 0 Å². The Kier molecular flexibility index (Phi) is 2.20. The highest BCUT2D eigenvalue weighted by Gasteiger charge is 2.03. The topological polar surface area (TPSA) is 69.1 Å². The van der Waals surface area contributed by atoms with Gasteiger partial charge in [-0.1, -0.05) is 12.1 Å². The maximum absolute atomic E-state index is 11.2. The van der Waals surface area contributed by atoms with Crippen LogP contribution in [0.2, 0.25) is 0 Å². The van der Waals surface area contributed by atoms with Crippen molar-refractivity contribution in [2.24, 2.45) is 5.73 Å². The average molecular weight is 236 g/mol. The van der Waals surface area contributed by atoms with Crippen LogP contribution in [0.3, 0.4) is 0 Å². The summed E-state index contributed by atoms with van der Waals surface area (Å²) in [7, 11) is 0. The van der Waals surface area contributed by atoms with Crippen molar-refractivity contribution >= 4 is 33.1 Å². The summed E-state index contributed by atoms with van der Waals surface area (Å²) in [6.07, 6.45) is 0. The first-order valence-corrected chi connectivity index (χ1v) is 5.66. The molecule has 0 saturated carbocycles. The lowest BCUT2D eigenvalue weighted by Crippen LogP contribution is -2.10. The van der Waals surface area contributed by atoms with Gasteiger partial charge in [0.25, 0.3) is 0 Å². The normalized spacial score (nSPS) is 10.9. The smallest absolute Gasteiger partial charge is 0.248 e. The number of carbonyl (C=O) groups is 1. The molecule has 3 nitrogen and oxygen atoms in total. The van der Waals surface area contributed by atoms with Crippen molar-refractivity contribution in [3.8, 4) is 0 Å². The Labute approximate surface area is 104 Å². The number of hydrogen-bond acceptors (Lipinski definition) is 2. The van der Waals surface area contributed by atoms with E-state index in [2.05, 4.69) is 6.07 Å². The minimum atomic E-state index is -0.408. The van der Waals surface area contributed by atoms with Crippen LogP contribution < -0.4 is 11.5 Å². The molecule has 0 unspecified atom stereocenters. The van der Waals surface area contributed by atoms with E-state index in [4.69, 9.17) is 11.5 Å². The predicted molar refractivity (Wildman–Crippen MR) is 74.4 cm³/mol. The molecule has 3 heteroatoms. The lowest BCUT2D eigenvalue weighted by Gasteiger charge is -2.04. The van der Waals surface area contributed by atoms with Crippen LogP contribution in [0.5, 0.6) is 0 Å². The second kappa shape index (κ2) is 3.74. The van der Waals surface area contributed by atoms with Crippen molar-refractivity contribution in [3.05, 3.63) is 54.1 Å². The molecule has 0 spiro atoms. The molecular formula is C15H12N2O. The standard InChI is InChI=1S/C15H12N2O/c16-14-4-3-10-5-12-7-11(15(17)18)2-1-9(12)6-13(10)8-14/h1-8H,16H2,(H2,17,18). The molecule has 0 bridgehead atoms. The van der Waals surface area contributed by atoms with Gasteiger partial charge < -0.3 is 11.5 Å². The summed E-state index contributed by atoms with van der Waals surface area (Å²) in [5.41, 5.74) is 12.3. The van der Waals surface area contributed by atoms with Crippen LogP contribution in [0, 0.1) is 0 Å². The summed E-state index contributed by atoms with van der Waals surface area (Å²) in [6, 6.07) is 15.3. The van der Waals surface area contributed by atoms with Gasteiger partial charge in [0.1, 0.15) is 0 Å². The quantitative estimate of drug-likeness (QED) is 0.503. The van der Waals surface area contributed by atoms with Crippen molar-refractivity contribution in [2.45, 2.75) is 0 Å². The Balaban J connectivity index is 2.34. The molecule has 0 aliphatic heterocycles. The molecule has 0 aliphatic rings.